The number of anilines is 1. The molecule has 2 heterocycles. The lowest BCUT2D eigenvalue weighted by molar-refractivity contribution is -0.120. The Morgan fingerprint density at radius 3 is 2.62 bits per heavy atom. The van der Waals surface area contributed by atoms with Crippen molar-refractivity contribution >= 4 is 11.6 Å². The van der Waals surface area contributed by atoms with E-state index < -0.39 is 5.92 Å². The highest BCUT2D eigenvalue weighted by Crippen LogP contribution is 2.41. The quantitative estimate of drug-likeness (QED) is 0.592. The van der Waals surface area contributed by atoms with Gasteiger partial charge in [0.15, 0.2) is 0 Å². The second-order valence-electron chi connectivity index (χ2n) is 8.26. The van der Waals surface area contributed by atoms with Gasteiger partial charge in [-0.1, -0.05) is 38.1 Å². The normalized spacial score (nSPS) is 15.1. The minimum absolute atomic E-state index is 0.0795. The molecule has 1 amide bonds. The second kappa shape index (κ2) is 9.30. The summed E-state index contributed by atoms with van der Waals surface area (Å²) in [6.45, 7) is 5.07. The van der Waals surface area contributed by atoms with Gasteiger partial charge >= 0.3 is 0 Å². The minimum Gasteiger partial charge on any atom is -0.508 e. The third-order valence-electron chi connectivity index (χ3n) is 5.84. The highest BCUT2D eigenvalue weighted by molar-refractivity contribution is 5.99. The minimum atomic E-state index is -0.490. The van der Waals surface area contributed by atoms with Crippen molar-refractivity contribution in [1.82, 2.24) is 4.98 Å². The highest BCUT2D eigenvalue weighted by atomic mass is 16.5. The molecule has 166 valence electrons. The fourth-order valence-corrected chi connectivity index (χ4v) is 4.02. The first-order valence-electron chi connectivity index (χ1n) is 10.8. The third kappa shape index (κ3) is 4.40. The van der Waals surface area contributed by atoms with Crippen LogP contribution in [-0.4, -0.2) is 29.7 Å². The first kappa shape index (κ1) is 21.7. The van der Waals surface area contributed by atoms with Gasteiger partial charge < -0.3 is 19.5 Å². The van der Waals surface area contributed by atoms with Crippen LogP contribution in [0.15, 0.2) is 60.8 Å². The summed E-state index contributed by atoms with van der Waals surface area (Å²) >= 11 is 0. The van der Waals surface area contributed by atoms with Crippen molar-refractivity contribution in [3.05, 3.63) is 77.5 Å². The first-order chi connectivity index (χ1) is 15.5. The highest BCUT2D eigenvalue weighted by Gasteiger charge is 2.34. The van der Waals surface area contributed by atoms with Gasteiger partial charge in [0.25, 0.3) is 0 Å². The van der Waals surface area contributed by atoms with Crippen molar-refractivity contribution in [2.24, 2.45) is 0 Å². The van der Waals surface area contributed by atoms with Gasteiger partial charge in [0.1, 0.15) is 11.5 Å². The molecule has 0 spiro atoms. The maximum Gasteiger partial charge on any atom is 0.235 e. The van der Waals surface area contributed by atoms with Crippen molar-refractivity contribution in [3.63, 3.8) is 0 Å². The predicted molar refractivity (Wildman–Crippen MR) is 123 cm³/mol. The topological polar surface area (TPSA) is 71.9 Å². The average Bonchev–Trinajstić information content (AvgIpc) is 2.82. The monoisotopic (exact) mass is 432 g/mol. The van der Waals surface area contributed by atoms with Crippen LogP contribution in [0.3, 0.4) is 0 Å². The summed E-state index contributed by atoms with van der Waals surface area (Å²) in [4.78, 5) is 19.9. The molecule has 6 nitrogen and oxygen atoms in total. The van der Waals surface area contributed by atoms with Crippen LogP contribution in [0.4, 0.5) is 5.69 Å². The molecule has 1 unspecified atom stereocenters. The smallest absolute Gasteiger partial charge is 0.235 e. The first-order valence-corrected chi connectivity index (χ1v) is 10.8. The number of methoxy groups -OCH3 is 1. The number of phenolic OH excluding ortho intramolecular Hbond substituents is 1. The lowest BCUT2D eigenvalue weighted by atomic mass is 9.90. The van der Waals surface area contributed by atoms with E-state index in [9.17, 15) is 9.90 Å². The fraction of sp³-hybridized carbons (Fsp3) is 0.308. The zero-order valence-electron chi connectivity index (χ0n) is 18.6. The average molecular weight is 433 g/mol. The van der Waals surface area contributed by atoms with Gasteiger partial charge in [-0.05, 0) is 47.7 Å². The summed E-state index contributed by atoms with van der Waals surface area (Å²) in [5, 5.41) is 10.5. The van der Waals surface area contributed by atoms with E-state index in [2.05, 4.69) is 31.0 Å². The number of hydrogen-bond acceptors (Lipinski definition) is 5. The van der Waals surface area contributed by atoms with Gasteiger partial charge in [-0.3, -0.25) is 4.79 Å². The molecule has 0 fully saturated rings. The number of hydrogen-bond donors (Lipinski definition) is 1. The Morgan fingerprint density at radius 2 is 1.97 bits per heavy atom. The molecule has 4 rings (SSSR count). The van der Waals surface area contributed by atoms with Gasteiger partial charge in [-0.2, -0.15) is 0 Å². The van der Waals surface area contributed by atoms with E-state index in [-0.39, 0.29) is 11.7 Å². The number of pyridine rings is 1. The van der Waals surface area contributed by atoms with Crippen LogP contribution >= 0.6 is 0 Å². The fourth-order valence-electron chi connectivity index (χ4n) is 4.02. The summed E-state index contributed by atoms with van der Waals surface area (Å²) in [6, 6.07) is 16.9. The molecule has 32 heavy (non-hydrogen) atoms. The molecule has 1 aliphatic heterocycles. The van der Waals surface area contributed by atoms with Gasteiger partial charge in [0, 0.05) is 23.5 Å². The predicted octanol–water partition coefficient (Wildman–Crippen LogP) is 5.02. The summed E-state index contributed by atoms with van der Waals surface area (Å²) in [6.07, 6.45) is 2.22. The number of amides is 1. The number of nitrogens with zero attached hydrogens (tertiary/aromatic N) is 2. The maximum absolute atomic E-state index is 13.9. The molecule has 0 radical (unpaired) electrons. The lowest BCUT2D eigenvalue weighted by Crippen LogP contribution is -2.37. The Bertz CT molecular complexity index is 1080. The van der Waals surface area contributed by atoms with Crippen molar-refractivity contribution in [1.29, 1.82) is 0 Å². The van der Waals surface area contributed by atoms with Gasteiger partial charge in [0.2, 0.25) is 11.8 Å². The zero-order chi connectivity index (χ0) is 22.7. The molecule has 1 atom stereocenters. The summed E-state index contributed by atoms with van der Waals surface area (Å²) < 4.78 is 10.9. The van der Waals surface area contributed by atoms with Crippen molar-refractivity contribution in [2.75, 3.05) is 18.6 Å². The van der Waals surface area contributed by atoms with E-state index in [1.54, 1.807) is 42.5 Å². The van der Waals surface area contributed by atoms with Crippen LogP contribution < -0.4 is 14.4 Å². The third-order valence-corrected chi connectivity index (χ3v) is 5.84. The SMILES string of the molecule is COc1ccc(CN(C(=O)C2CCOc3cccc(O)c32)c2ccc(C(C)C)cc2)cn1. The molecule has 2 aromatic carbocycles. The number of aromatic hydroxyl groups is 1. The van der Waals surface area contributed by atoms with E-state index >= 15 is 0 Å². The van der Waals surface area contributed by atoms with E-state index in [4.69, 9.17) is 9.47 Å². The number of rotatable bonds is 6. The Morgan fingerprint density at radius 1 is 1.19 bits per heavy atom. The number of benzene rings is 2. The number of carbonyl (C=O) groups is 1. The van der Waals surface area contributed by atoms with E-state index in [0.29, 0.717) is 42.7 Å². The Labute approximate surface area is 188 Å². The number of fused-ring (bicyclic) bond motifs is 1. The summed E-state index contributed by atoms with van der Waals surface area (Å²) in [7, 11) is 1.57. The zero-order valence-corrected chi connectivity index (χ0v) is 18.6. The van der Waals surface area contributed by atoms with Crippen molar-refractivity contribution in [2.45, 2.75) is 38.6 Å². The van der Waals surface area contributed by atoms with Crippen LogP contribution in [0, 0.1) is 0 Å². The Kier molecular flexibility index (Phi) is 6.30. The number of ether oxygens (including phenoxy) is 2. The molecular weight excluding hydrogens is 404 g/mol. The molecule has 1 N–H and O–H groups in total. The standard InChI is InChI=1S/C26H28N2O4/c1-17(2)19-8-10-20(11-9-19)28(16-18-7-12-24(31-3)27-15-18)26(30)21-13-14-32-23-6-4-5-22(29)25(21)23/h4-12,15,17,21,29H,13-14,16H2,1-3H3. The summed E-state index contributed by atoms with van der Waals surface area (Å²) in [5.41, 5.74) is 3.46. The molecule has 3 aromatic rings. The molecule has 0 bridgehead atoms. The molecule has 1 aromatic heterocycles. The van der Waals surface area contributed by atoms with Crippen molar-refractivity contribution in [3.8, 4) is 17.4 Å². The van der Waals surface area contributed by atoms with Crippen LogP contribution in [0.2, 0.25) is 0 Å². The van der Waals surface area contributed by atoms with Crippen LogP contribution in [0.5, 0.6) is 17.4 Å². The summed E-state index contributed by atoms with van der Waals surface area (Å²) in [5.74, 6) is 1.01. The lowest BCUT2D eigenvalue weighted by Gasteiger charge is -2.31. The molecule has 0 aliphatic carbocycles. The largest absolute Gasteiger partial charge is 0.508 e. The Hall–Kier alpha value is -3.54. The molecule has 0 saturated carbocycles. The van der Waals surface area contributed by atoms with Gasteiger partial charge in [-0.15, -0.1) is 0 Å². The number of carbonyl (C=O) groups excluding carboxylic acids is 1. The Balaban J connectivity index is 1.71. The van der Waals surface area contributed by atoms with Gasteiger partial charge in [-0.25, -0.2) is 4.98 Å². The molecule has 6 heteroatoms. The van der Waals surface area contributed by atoms with Gasteiger partial charge in [0.05, 0.1) is 26.2 Å². The van der Waals surface area contributed by atoms with Crippen molar-refractivity contribution < 1.29 is 19.4 Å². The van der Waals surface area contributed by atoms with E-state index in [1.807, 2.05) is 18.2 Å². The van der Waals surface area contributed by atoms with E-state index in [1.165, 1.54) is 5.56 Å². The van der Waals surface area contributed by atoms with Crippen LogP contribution in [0.1, 0.15) is 48.8 Å². The number of phenols is 1. The number of aromatic nitrogens is 1. The van der Waals surface area contributed by atoms with Crippen LogP contribution in [0.25, 0.3) is 0 Å². The molecule has 0 saturated heterocycles. The van der Waals surface area contributed by atoms with Crippen LogP contribution in [-0.2, 0) is 11.3 Å². The maximum atomic E-state index is 13.9. The van der Waals surface area contributed by atoms with E-state index in [0.717, 1.165) is 11.3 Å². The second-order valence-corrected chi connectivity index (χ2v) is 8.26. The molecule has 1 aliphatic rings. The molecular formula is C26H28N2O4.